The number of aliphatic hydroxyl groups is 1. The molecular weight excluding hydrogens is 182 g/mol. The topological polar surface area (TPSA) is 75.9 Å². The maximum Gasteiger partial charge on any atom is 0.242 e. The van der Waals surface area contributed by atoms with Gasteiger partial charge in [0.25, 0.3) is 0 Å². The quantitative estimate of drug-likeness (QED) is 0.698. The van der Waals surface area contributed by atoms with E-state index in [9.17, 15) is 0 Å². The standard InChI is InChI=1S/C8H15N5O/c1-13-8(10-11-12-13)9-3-2-6-4-7(14)5-6/h6-7,14H,2-5H2,1H3,(H,9,10,12). The molecule has 0 radical (unpaired) electrons. The van der Waals surface area contributed by atoms with Crippen LogP contribution in [0, 0.1) is 5.92 Å². The van der Waals surface area contributed by atoms with Crippen LogP contribution in [0.3, 0.4) is 0 Å². The minimum Gasteiger partial charge on any atom is -0.393 e. The number of aromatic nitrogens is 4. The SMILES string of the molecule is Cn1nnnc1NCCC1CC(O)C1. The summed E-state index contributed by atoms with van der Waals surface area (Å²) < 4.78 is 1.61. The van der Waals surface area contributed by atoms with E-state index in [4.69, 9.17) is 5.11 Å². The number of aryl methyl sites for hydroxylation is 1. The molecule has 14 heavy (non-hydrogen) atoms. The lowest BCUT2D eigenvalue weighted by molar-refractivity contribution is 0.0407. The summed E-state index contributed by atoms with van der Waals surface area (Å²) >= 11 is 0. The van der Waals surface area contributed by atoms with Crippen molar-refractivity contribution in [3.8, 4) is 0 Å². The molecule has 1 aliphatic carbocycles. The first kappa shape index (κ1) is 9.39. The number of nitrogens with zero attached hydrogens (tertiary/aromatic N) is 4. The van der Waals surface area contributed by atoms with E-state index in [0.717, 1.165) is 25.8 Å². The normalized spacial score (nSPS) is 25.9. The summed E-state index contributed by atoms with van der Waals surface area (Å²) in [6, 6.07) is 0. The number of tetrazole rings is 1. The van der Waals surface area contributed by atoms with Gasteiger partial charge in [-0.25, -0.2) is 4.68 Å². The van der Waals surface area contributed by atoms with Gasteiger partial charge in [0.05, 0.1) is 6.10 Å². The Morgan fingerprint density at radius 3 is 2.93 bits per heavy atom. The molecule has 1 heterocycles. The van der Waals surface area contributed by atoms with Crippen molar-refractivity contribution in [1.82, 2.24) is 20.2 Å². The fourth-order valence-corrected chi connectivity index (χ4v) is 1.70. The molecule has 0 unspecified atom stereocenters. The minimum absolute atomic E-state index is 0.0588. The number of rotatable bonds is 4. The van der Waals surface area contributed by atoms with Crippen molar-refractivity contribution in [2.75, 3.05) is 11.9 Å². The molecule has 1 aromatic heterocycles. The Hall–Kier alpha value is -1.17. The molecule has 0 spiro atoms. The average molecular weight is 197 g/mol. The predicted octanol–water partition coefficient (Wildman–Crippen LogP) is -0.217. The van der Waals surface area contributed by atoms with Crippen LogP contribution in [0.15, 0.2) is 0 Å². The first-order chi connectivity index (χ1) is 6.75. The summed E-state index contributed by atoms with van der Waals surface area (Å²) in [5, 5.41) is 23.3. The number of aliphatic hydroxyl groups excluding tert-OH is 1. The molecule has 0 amide bonds. The van der Waals surface area contributed by atoms with Gasteiger partial charge in [-0.2, -0.15) is 0 Å². The highest BCUT2D eigenvalue weighted by Crippen LogP contribution is 2.29. The number of nitrogens with one attached hydrogen (secondary N) is 1. The third-order valence-electron chi connectivity index (χ3n) is 2.67. The molecule has 0 bridgehead atoms. The van der Waals surface area contributed by atoms with Crippen molar-refractivity contribution >= 4 is 5.95 Å². The lowest BCUT2D eigenvalue weighted by Crippen LogP contribution is -2.29. The molecule has 0 aromatic carbocycles. The van der Waals surface area contributed by atoms with E-state index in [1.807, 2.05) is 0 Å². The van der Waals surface area contributed by atoms with E-state index in [1.165, 1.54) is 0 Å². The van der Waals surface area contributed by atoms with Crippen LogP contribution >= 0.6 is 0 Å². The van der Waals surface area contributed by atoms with E-state index in [2.05, 4.69) is 20.8 Å². The van der Waals surface area contributed by atoms with Gasteiger partial charge in [0.2, 0.25) is 5.95 Å². The van der Waals surface area contributed by atoms with Crippen LogP contribution in [0.4, 0.5) is 5.95 Å². The van der Waals surface area contributed by atoms with Gasteiger partial charge in [-0.3, -0.25) is 0 Å². The van der Waals surface area contributed by atoms with E-state index in [1.54, 1.807) is 11.7 Å². The van der Waals surface area contributed by atoms with Crippen LogP contribution in [-0.4, -0.2) is 38.0 Å². The molecule has 1 fully saturated rings. The van der Waals surface area contributed by atoms with Crippen LogP contribution in [0.1, 0.15) is 19.3 Å². The molecule has 6 heteroatoms. The second-order valence-corrected chi connectivity index (χ2v) is 3.83. The third kappa shape index (κ3) is 2.01. The van der Waals surface area contributed by atoms with Crippen molar-refractivity contribution in [3.05, 3.63) is 0 Å². The largest absolute Gasteiger partial charge is 0.393 e. The van der Waals surface area contributed by atoms with Crippen LogP contribution < -0.4 is 5.32 Å². The van der Waals surface area contributed by atoms with Gasteiger partial charge < -0.3 is 10.4 Å². The molecule has 6 nitrogen and oxygen atoms in total. The van der Waals surface area contributed by atoms with Crippen molar-refractivity contribution in [2.24, 2.45) is 13.0 Å². The van der Waals surface area contributed by atoms with E-state index in [0.29, 0.717) is 11.9 Å². The summed E-state index contributed by atoms with van der Waals surface area (Å²) in [4.78, 5) is 0. The molecule has 78 valence electrons. The highest BCUT2D eigenvalue weighted by molar-refractivity contribution is 5.20. The number of anilines is 1. The molecule has 0 saturated heterocycles. The van der Waals surface area contributed by atoms with Crippen LogP contribution in [0.2, 0.25) is 0 Å². The van der Waals surface area contributed by atoms with Crippen molar-refractivity contribution in [1.29, 1.82) is 0 Å². The molecule has 2 N–H and O–H groups in total. The second-order valence-electron chi connectivity index (χ2n) is 3.83. The molecular formula is C8H15N5O. The van der Waals surface area contributed by atoms with Gasteiger partial charge in [0.1, 0.15) is 0 Å². The highest BCUT2D eigenvalue weighted by atomic mass is 16.3. The van der Waals surface area contributed by atoms with Gasteiger partial charge in [0.15, 0.2) is 0 Å². The Morgan fingerprint density at radius 1 is 1.57 bits per heavy atom. The van der Waals surface area contributed by atoms with E-state index >= 15 is 0 Å². The number of hydrogen-bond donors (Lipinski definition) is 2. The lowest BCUT2D eigenvalue weighted by Gasteiger charge is -2.31. The molecule has 2 rings (SSSR count). The van der Waals surface area contributed by atoms with Crippen molar-refractivity contribution in [3.63, 3.8) is 0 Å². The maximum absolute atomic E-state index is 9.09. The van der Waals surface area contributed by atoms with Gasteiger partial charge >= 0.3 is 0 Å². The third-order valence-corrected chi connectivity index (χ3v) is 2.67. The van der Waals surface area contributed by atoms with Crippen LogP contribution in [-0.2, 0) is 7.05 Å². The van der Waals surface area contributed by atoms with Gasteiger partial charge in [-0.15, -0.1) is 0 Å². The fourth-order valence-electron chi connectivity index (χ4n) is 1.70. The summed E-state index contributed by atoms with van der Waals surface area (Å²) in [6.07, 6.45) is 2.90. The van der Waals surface area contributed by atoms with Crippen molar-refractivity contribution in [2.45, 2.75) is 25.4 Å². The van der Waals surface area contributed by atoms with Gasteiger partial charge in [0, 0.05) is 13.6 Å². The number of hydrogen-bond acceptors (Lipinski definition) is 5. The summed E-state index contributed by atoms with van der Waals surface area (Å²) in [5.41, 5.74) is 0. The van der Waals surface area contributed by atoms with Crippen molar-refractivity contribution < 1.29 is 5.11 Å². The Balaban J connectivity index is 1.66. The van der Waals surface area contributed by atoms with E-state index < -0.39 is 0 Å². The second kappa shape index (κ2) is 3.91. The highest BCUT2D eigenvalue weighted by Gasteiger charge is 2.26. The Morgan fingerprint density at radius 2 is 2.36 bits per heavy atom. The molecule has 1 aliphatic rings. The van der Waals surface area contributed by atoms with E-state index in [-0.39, 0.29) is 6.10 Å². The zero-order valence-electron chi connectivity index (χ0n) is 8.22. The van der Waals surface area contributed by atoms with Gasteiger partial charge in [-0.1, -0.05) is 5.10 Å². The Bertz CT molecular complexity index is 294. The molecule has 0 aliphatic heterocycles. The summed E-state index contributed by atoms with van der Waals surface area (Å²) in [5.74, 6) is 1.36. The summed E-state index contributed by atoms with van der Waals surface area (Å²) in [7, 11) is 1.80. The smallest absolute Gasteiger partial charge is 0.242 e. The van der Waals surface area contributed by atoms with Gasteiger partial charge in [-0.05, 0) is 35.6 Å². The Kier molecular flexibility index (Phi) is 2.62. The zero-order chi connectivity index (χ0) is 9.97. The van der Waals surface area contributed by atoms with Crippen LogP contribution in [0.5, 0.6) is 0 Å². The van der Waals surface area contributed by atoms with Crippen LogP contribution in [0.25, 0.3) is 0 Å². The summed E-state index contributed by atoms with van der Waals surface area (Å²) in [6.45, 7) is 0.867. The lowest BCUT2D eigenvalue weighted by atomic mass is 9.80. The average Bonchev–Trinajstić information content (AvgIpc) is 2.49. The minimum atomic E-state index is -0.0588. The first-order valence-electron chi connectivity index (χ1n) is 4.90. The zero-order valence-corrected chi connectivity index (χ0v) is 8.22. The fraction of sp³-hybridized carbons (Fsp3) is 0.875. The molecule has 1 saturated carbocycles. The maximum atomic E-state index is 9.09. The predicted molar refractivity (Wildman–Crippen MR) is 50.6 cm³/mol. The monoisotopic (exact) mass is 197 g/mol. The molecule has 1 aromatic rings. The Labute approximate surface area is 82.3 Å². The first-order valence-corrected chi connectivity index (χ1v) is 4.90. The molecule has 0 atom stereocenters.